The van der Waals surface area contributed by atoms with Crippen LogP contribution in [0.3, 0.4) is 0 Å². The molecule has 1 fully saturated rings. The Morgan fingerprint density at radius 1 is 1.33 bits per heavy atom. The molecular formula is C14H22BrN3O2S. The predicted molar refractivity (Wildman–Crippen MR) is 87.8 cm³/mol. The summed E-state index contributed by atoms with van der Waals surface area (Å²) >= 11 is 3.28. The number of sulfonamides is 1. The molecule has 21 heavy (non-hydrogen) atoms. The quantitative estimate of drug-likeness (QED) is 0.828. The molecule has 2 rings (SSSR count). The lowest BCUT2D eigenvalue weighted by Crippen LogP contribution is -2.39. The van der Waals surface area contributed by atoms with E-state index in [2.05, 4.69) is 31.0 Å². The van der Waals surface area contributed by atoms with Crippen molar-refractivity contribution in [3.8, 4) is 0 Å². The van der Waals surface area contributed by atoms with Crippen LogP contribution >= 0.6 is 15.9 Å². The molecule has 0 aromatic carbocycles. The topological polar surface area (TPSA) is 71.1 Å². The molecule has 0 spiro atoms. The van der Waals surface area contributed by atoms with E-state index in [1.807, 2.05) is 6.92 Å². The molecule has 7 heteroatoms. The van der Waals surface area contributed by atoms with Gasteiger partial charge < -0.3 is 5.32 Å². The van der Waals surface area contributed by atoms with Crippen molar-refractivity contribution in [2.24, 2.45) is 5.92 Å². The fourth-order valence-electron chi connectivity index (χ4n) is 2.85. The molecule has 1 heterocycles. The zero-order chi connectivity index (χ0) is 15.5. The molecule has 0 radical (unpaired) electrons. The smallest absolute Gasteiger partial charge is 0.244 e. The monoisotopic (exact) mass is 375 g/mol. The van der Waals surface area contributed by atoms with Crippen LogP contribution in [0.4, 0.5) is 5.82 Å². The maximum atomic E-state index is 12.6. The number of nitrogens with zero attached hydrogens (tertiary/aromatic N) is 1. The Morgan fingerprint density at radius 3 is 2.62 bits per heavy atom. The third-order valence-electron chi connectivity index (χ3n) is 4.04. The van der Waals surface area contributed by atoms with E-state index in [9.17, 15) is 8.42 Å². The Hall–Kier alpha value is -0.660. The molecule has 0 amide bonds. The van der Waals surface area contributed by atoms with Crippen molar-refractivity contribution in [1.29, 1.82) is 0 Å². The molecule has 0 bridgehead atoms. The molecule has 1 aliphatic carbocycles. The molecule has 2 N–H and O–H groups in total. The lowest BCUT2D eigenvalue weighted by molar-refractivity contribution is 0.303. The number of aromatic nitrogens is 1. The van der Waals surface area contributed by atoms with Crippen molar-refractivity contribution in [2.75, 3.05) is 12.4 Å². The minimum atomic E-state index is -3.58. The first kappa shape index (κ1) is 16.7. The van der Waals surface area contributed by atoms with Crippen LogP contribution in [0.5, 0.6) is 0 Å². The SMILES string of the molecule is CNc1ncc(Br)cc1S(=O)(=O)NC(C)C1CCCCC1. The largest absolute Gasteiger partial charge is 0.372 e. The second-order valence-electron chi connectivity index (χ2n) is 5.56. The standard InChI is InChI=1S/C14H22BrN3O2S/c1-10(11-6-4-3-5-7-11)18-21(19,20)13-8-12(15)9-17-14(13)16-2/h8-11,18H,3-7H2,1-2H3,(H,16,17). The van der Waals surface area contributed by atoms with E-state index in [0.717, 1.165) is 12.8 Å². The zero-order valence-corrected chi connectivity index (χ0v) is 14.8. The van der Waals surface area contributed by atoms with E-state index in [1.165, 1.54) is 19.3 Å². The number of hydrogen-bond acceptors (Lipinski definition) is 4. The lowest BCUT2D eigenvalue weighted by atomic mass is 9.85. The Balaban J connectivity index is 2.19. The molecule has 1 saturated carbocycles. The lowest BCUT2D eigenvalue weighted by Gasteiger charge is -2.28. The number of anilines is 1. The molecule has 1 aromatic rings. The highest BCUT2D eigenvalue weighted by Crippen LogP contribution is 2.28. The molecule has 1 aliphatic rings. The average Bonchev–Trinajstić information content (AvgIpc) is 2.47. The zero-order valence-electron chi connectivity index (χ0n) is 12.4. The van der Waals surface area contributed by atoms with Gasteiger partial charge in [-0.1, -0.05) is 19.3 Å². The number of hydrogen-bond donors (Lipinski definition) is 2. The maximum absolute atomic E-state index is 12.6. The fraction of sp³-hybridized carbons (Fsp3) is 0.643. The third kappa shape index (κ3) is 4.17. The summed E-state index contributed by atoms with van der Waals surface area (Å²) in [5, 5.41) is 2.83. The highest BCUT2D eigenvalue weighted by atomic mass is 79.9. The van der Waals surface area contributed by atoms with Gasteiger partial charge in [-0.3, -0.25) is 0 Å². The molecule has 1 atom stereocenters. The van der Waals surface area contributed by atoms with Crippen molar-refractivity contribution in [1.82, 2.24) is 9.71 Å². The molecule has 1 aromatic heterocycles. The second-order valence-corrected chi connectivity index (χ2v) is 8.16. The van der Waals surface area contributed by atoms with Gasteiger partial charge >= 0.3 is 0 Å². The van der Waals surface area contributed by atoms with Crippen LogP contribution in [-0.4, -0.2) is 26.5 Å². The normalized spacial score (nSPS) is 18.4. The summed E-state index contributed by atoms with van der Waals surface area (Å²) in [6.07, 6.45) is 7.41. The van der Waals surface area contributed by atoms with E-state index in [4.69, 9.17) is 0 Å². The number of pyridine rings is 1. The van der Waals surface area contributed by atoms with Crippen LogP contribution in [0.25, 0.3) is 0 Å². The van der Waals surface area contributed by atoms with E-state index in [1.54, 1.807) is 19.3 Å². The van der Waals surface area contributed by atoms with Gasteiger partial charge in [0, 0.05) is 23.8 Å². The van der Waals surface area contributed by atoms with Gasteiger partial charge in [0.2, 0.25) is 10.0 Å². The number of rotatable bonds is 5. The summed E-state index contributed by atoms with van der Waals surface area (Å²) in [6, 6.07) is 1.52. The minimum absolute atomic E-state index is 0.0565. The van der Waals surface area contributed by atoms with Crippen LogP contribution in [-0.2, 0) is 10.0 Å². The molecule has 0 saturated heterocycles. The highest BCUT2D eigenvalue weighted by Gasteiger charge is 2.27. The number of nitrogens with one attached hydrogen (secondary N) is 2. The van der Waals surface area contributed by atoms with Crippen LogP contribution in [0, 0.1) is 5.92 Å². The summed E-state index contributed by atoms with van der Waals surface area (Å²) in [6.45, 7) is 1.96. The van der Waals surface area contributed by atoms with Crippen LogP contribution < -0.4 is 10.0 Å². The third-order valence-corrected chi connectivity index (χ3v) is 6.05. The summed E-state index contributed by atoms with van der Waals surface area (Å²) in [5.74, 6) is 0.785. The first-order valence-corrected chi connectivity index (χ1v) is 9.57. The summed E-state index contributed by atoms with van der Waals surface area (Å²) in [4.78, 5) is 4.29. The highest BCUT2D eigenvalue weighted by molar-refractivity contribution is 9.10. The Kier molecular flexibility index (Phi) is 5.62. The summed E-state index contributed by atoms with van der Waals surface area (Å²) in [7, 11) is -1.91. The second kappa shape index (κ2) is 7.07. The van der Waals surface area contributed by atoms with Gasteiger partial charge in [-0.15, -0.1) is 0 Å². The van der Waals surface area contributed by atoms with Crippen molar-refractivity contribution >= 4 is 31.8 Å². The maximum Gasteiger partial charge on any atom is 0.244 e. The Labute approximate surface area is 135 Å². The Morgan fingerprint density at radius 2 is 2.00 bits per heavy atom. The predicted octanol–water partition coefficient (Wildman–Crippen LogP) is 3.13. The van der Waals surface area contributed by atoms with E-state index >= 15 is 0 Å². The first-order chi connectivity index (χ1) is 9.94. The van der Waals surface area contributed by atoms with E-state index in [-0.39, 0.29) is 10.9 Å². The van der Waals surface area contributed by atoms with Gasteiger partial charge in [-0.05, 0) is 47.7 Å². The van der Waals surface area contributed by atoms with Gasteiger partial charge in [0.15, 0.2) is 0 Å². The van der Waals surface area contributed by atoms with Crippen molar-refractivity contribution < 1.29 is 8.42 Å². The summed E-state index contributed by atoms with van der Waals surface area (Å²) in [5.41, 5.74) is 0. The number of halogens is 1. The van der Waals surface area contributed by atoms with Gasteiger partial charge in [0.1, 0.15) is 10.7 Å². The van der Waals surface area contributed by atoms with Gasteiger partial charge in [0.05, 0.1) is 0 Å². The van der Waals surface area contributed by atoms with Gasteiger partial charge in [0.25, 0.3) is 0 Å². The van der Waals surface area contributed by atoms with Crippen molar-refractivity contribution in [3.63, 3.8) is 0 Å². The average molecular weight is 376 g/mol. The molecule has 1 unspecified atom stereocenters. The van der Waals surface area contributed by atoms with Gasteiger partial charge in [-0.2, -0.15) is 0 Å². The van der Waals surface area contributed by atoms with E-state index in [0.29, 0.717) is 16.2 Å². The molecule has 5 nitrogen and oxygen atoms in total. The molecule has 0 aliphatic heterocycles. The van der Waals surface area contributed by atoms with Crippen molar-refractivity contribution in [2.45, 2.75) is 50.0 Å². The van der Waals surface area contributed by atoms with E-state index < -0.39 is 10.0 Å². The van der Waals surface area contributed by atoms with Crippen LogP contribution in [0.1, 0.15) is 39.0 Å². The fourth-order valence-corrected chi connectivity index (χ4v) is 4.84. The van der Waals surface area contributed by atoms with Gasteiger partial charge in [-0.25, -0.2) is 18.1 Å². The van der Waals surface area contributed by atoms with Crippen LogP contribution in [0.15, 0.2) is 21.6 Å². The Bertz CT molecular complexity index is 586. The van der Waals surface area contributed by atoms with Crippen LogP contribution in [0.2, 0.25) is 0 Å². The summed E-state index contributed by atoms with van der Waals surface area (Å²) < 4.78 is 28.7. The molecular weight excluding hydrogens is 354 g/mol. The first-order valence-electron chi connectivity index (χ1n) is 7.29. The minimum Gasteiger partial charge on any atom is -0.372 e. The van der Waals surface area contributed by atoms with Crippen molar-refractivity contribution in [3.05, 3.63) is 16.7 Å². The molecule has 118 valence electrons.